The van der Waals surface area contributed by atoms with Crippen molar-refractivity contribution in [1.29, 1.82) is 0 Å². The molecule has 0 N–H and O–H groups in total. The van der Waals surface area contributed by atoms with Crippen molar-refractivity contribution < 1.29 is 9.66 Å². The van der Waals surface area contributed by atoms with Gasteiger partial charge in [0.15, 0.2) is 11.0 Å². The highest BCUT2D eigenvalue weighted by atomic mass is 32.2. The summed E-state index contributed by atoms with van der Waals surface area (Å²) < 4.78 is 9.28. The number of hydrogen-bond acceptors (Lipinski definition) is 7. The number of ether oxygens (including phenoxy) is 1. The lowest BCUT2D eigenvalue weighted by Crippen LogP contribution is -2.08. The highest BCUT2D eigenvalue weighted by Crippen LogP contribution is 2.22. The maximum Gasteiger partial charge on any atom is 0.307 e. The second-order valence-electron chi connectivity index (χ2n) is 6.18. The van der Waals surface area contributed by atoms with Crippen molar-refractivity contribution in [2.75, 3.05) is 0 Å². The number of rotatable bonds is 9. The number of thioether (sulfide) groups is 1. The third kappa shape index (κ3) is 4.77. The number of nitrogens with zero attached hydrogens (tertiary/aromatic N) is 6. The van der Waals surface area contributed by atoms with Crippen molar-refractivity contribution in [2.45, 2.75) is 38.0 Å². The van der Waals surface area contributed by atoms with E-state index in [1.54, 1.807) is 6.08 Å². The quantitative estimate of drug-likeness (QED) is 0.234. The molecule has 0 atom stereocenters. The van der Waals surface area contributed by atoms with Gasteiger partial charge in [0.1, 0.15) is 24.8 Å². The number of allylic oxidation sites excluding steroid dienone is 1. The van der Waals surface area contributed by atoms with Crippen LogP contribution in [0.15, 0.2) is 48.4 Å². The molecule has 0 saturated heterocycles. The molecule has 10 heteroatoms. The normalized spacial score (nSPS) is 10.8. The molecule has 0 spiro atoms. The van der Waals surface area contributed by atoms with Crippen molar-refractivity contribution in [3.05, 3.63) is 70.3 Å². The van der Waals surface area contributed by atoms with E-state index in [-0.39, 0.29) is 12.3 Å². The van der Waals surface area contributed by atoms with E-state index in [9.17, 15) is 10.1 Å². The highest BCUT2D eigenvalue weighted by molar-refractivity contribution is 7.98. The zero-order valence-electron chi connectivity index (χ0n) is 15.6. The van der Waals surface area contributed by atoms with Gasteiger partial charge in [-0.2, -0.15) is 5.10 Å². The van der Waals surface area contributed by atoms with Gasteiger partial charge in [-0.1, -0.05) is 23.9 Å². The molecule has 28 heavy (non-hydrogen) atoms. The Hall–Kier alpha value is -3.14. The number of benzene rings is 1. The smallest absolute Gasteiger partial charge is 0.307 e. The van der Waals surface area contributed by atoms with Crippen LogP contribution in [0.4, 0.5) is 5.69 Å². The fraction of sp³-hybridized carbons (Fsp3) is 0.278. The van der Waals surface area contributed by atoms with Crippen LogP contribution < -0.4 is 4.74 Å². The van der Waals surface area contributed by atoms with Crippen molar-refractivity contribution in [1.82, 2.24) is 24.5 Å². The van der Waals surface area contributed by atoms with E-state index in [0.29, 0.717) is 23.4 Å². The first-order chi connectivity index (χ1) is 13.5. The summed E-state index contributed by atoms with van der Waals surface area (Å²) in [5.41, 5.74) is 2.22. The minimum Gasteiger partial charge on any atom is -0.486 e. The molecule has 0 amide bonds. The molecule has 2 heterocycles. The van der Waals surface area contributed by atoms with Gasteiger partial charge in [0.2, 0.25) is 0 Å². The minimum atomic E-state index is -0.475. The van der Waals surface area contributed by atoms with Crippen molar-refractivity contribution in [3.63, 3.8) is 0 Å². The zero-order valence-corrected chi connectivity index (χ0v) is 16.4. The fourth-order valence-electron chi connectivity index (χ4n) is 2.65. The molecular weight excluding hydrogens is 380 g/mol. The van der Waals surface area contributed by atoms with Crippen molar-refractivity contribution in [3.8, 4) is 5.75 Å². The summed E-state index contributed by atoms with van der Waals surface area (Å²) in [5.74, 6) is 1.83. The molecule has 0 aliphatic rings. The Morgan fingerprint density at radius 2 is 2.04 bits per heavy atom. The molecule has 3 rings (SSSR count). The molecule has 1 aromatic carbocycles. The Kier molecular flexibility index (Phi) is 6.09. The molecule has 0 aliphatic heterocycles. The van der Waals surface area contributed by atoms with E-state index in [1.807, 2.05) is 30.5 Å². The lowest BCUT2D eigenvalue weighted by Gasteiger charge is -2.10. The van der Waals surface area contributed by atoms with Gasteiger partial charge in [0.05, 0.1) is 10.8 Å². The van der Waals surface area contributed by atoms with Crippen LogP contribution in [0.1, 0.15) is 17.0 Å². The Labute approximate surface area is 166 Å². The van der Waals surface area contributed by atoms with Gasteiger partial charge in [-0.05, 0) is 37.1 Å². The van der Waals surface area contributed by atoms with Crippen LogP contribution in [0.3, 0.4) is 0 Å². The zero-order chi connectivity index (χ0) is 20.1. The minimum absolute atomic E-state index is 0.0457. The van der Waals surface area contributed by atoms with E-state index in [1.165, 1.54) is 28.8 Å². The molecule has 0 unspecified atom stereocenters. The summed E-state index contributed by atoms with van der Waals surface area (Å²) in [4.78, 5) is 10.3. The van der Waals surface area contributed by atoms with E-state index >= 15 is 0 Å². The van der Waals surface area contributed by atoms with Gasteiger partial charge in [0.25, 0.3) is 0 Å². The van der Waals surface area contributed by atoms with Gasteiger partial charge in [-0.3, -0.25) is 19.4 Å². The Bertz CT molecular complexity index is 977. The summed E-state index contributed by atoms with van der Waals surface area (Å²) >= 11 is 1.38. The molecule has 2 aromatic heterocycles. The van der Waals surface area contributed by atoms with Gasteiger partial charge in [0, 0.05) is 6.54 Å². The average molecular weight is 400 g/mol. The monoisotopic (exact) mass is 400 g/mol. The summed E-state index contributed by atoms with van der Waals surface area (Å²) in [6, 6.07) is 6.03. The average Bonchev–Trinajstić information content (AvgIpc) is 3.25. The van der Waals surface area contributed by atoms with Gasteiger partial charge < -0.3 is 4.74 Å². The Morgan fingerprint density at radius 3 is 2.68 bits per heavy atom. The maximum absolute atomic E-state index is 10.8. The lowest BCUT2D eigenvalue weighted by molar-refractivity contribution is -0.385. The van der Waals surface area contributed by atoms with E-state index in [2.05, 4.69) is 27.9 Å². The molecule has 0 saturated carbocycles. The predicted octanol–water partition coefficient (Wildman–Crippen LogP) is 3.51. The van der Waals surface area contributed by atoms with Gasteiger partial charge in [-0.25, -0.2) is 0 Å². The molecule has 0 aliphatic carbocycles. The molecule has 9 nitrogen and oxygen atoms in total. The number of aryl methyl sites for hydroxylation is 2. The first-order valence-corrected chi connectivity index (χ1v) is 9.48. The van der Waals surface area contributed by atoms with Crippen LogP contribution in [0.2, 0.25) is 0 Å². The van der Waals surface area contributed by atoms with Crippen LogP contribution in [-0.4, -0.2) is 29.5 Å². The number of hydrogen-bond donors (Lipinski definition) is 0. The van der Waals surface area contributed by atoms with Gasteiger partial charge >= 0.3 is 5.69 Å². The second kappa shape index (κ2) is 8.70. The highest BCUT2D eigenvalue weighted by Gasteiger charge is 2.14. The Morgan fingerprint density at radius 1 is 1.29 bits per heavy atom. The standard InChI is InChI=1S/C18H20N6O3S/c1-4-5-23-17(11-27-16-7-13(2)6-14(3)8-16)20-21-18(23)28-12-22-10-15(9-19-22)24(25)26/h4,6-10H,1,5,11-12H2,2-3H3. The third-order valence-corrected chi connectivity index (χ3v) is 4.78. The van der Waals surface area contributed by atoms with Crippen molar-refractivity contribution in [2.24, 2.45) is 0 Å². The summed E-state index contributed by atoms with van der Waals surface area (Å²) in [5, 5.41) is 23.8. The van der Waals surface area contributed by atoms with Crippen LogP contribution in [0.5, 0.6) is 5.75 Å². The maximum atomic E-state index is 10.8. The SMILES string of the molecule is C=CCn1c(COc2cc(C)cc(C)c2)nnc1SCn1cc([N+](=O)[O-])cn1. The molecule has 0 bridgehead atoms. The van der Waals surface area contributed by atoms with Gasteiger partial charge in [-0.15, -0.1) is 16.8 Å². The topological polar surface area (TPSA) is 101 Å². The van der Waals surface area contributed by atoms with Crippen LogP contribution in [0.25, 0.3) is 0 Å². The molecule has 3 aromatic rings. The first-order valence-electron chi connectivity index (χ1n) is 8.50. The first kappa shape index (κ1) is 19.6. The number of nitro groups is 1. The number of aromatic nitrogens is 5. The fourth-order valence-corrected chi connectivity index (χ4v) is 3.47. The van der Waals surface area contributed by atoms with E-state index in [4.69, 9.17) is 4.74 Å². The molecular formula is C18H20N6O3S. The third-order valence-electron chi connectivity index (χ3n) is 3.82. The molecule has 0 fully saturated rings. The van der Waals surface area contributed by atoms with Crippen LogP contribution >= 0.6 is 11.8 Å². The second-order valence-corrected chi connectivity index (χ2v) is 7.09. The van der Waals surface area contributed by atoms with Crippen molar-refractivity contribution >= 4 is 17.4 Å². The van der Waals surface area contributed by atoms with Crippen LogP contribution in [-0.2, 0) is 19.0 Å². The summed E-state index contributed by atoms with van der Waals surface area (Å²) in [6.45, 7) is 8.63. The molecule has 146 valence electrons. The summed E-state index contributed by atoms with van der Waals surface area (Å²) in [6.07, 6.45) is 4.36. The summed E-state index contributed by atoms with van der Waals surface area (Å²) in [7, 11) is 0. The van der Waals surface area contributed by atoms with E-state index in [0.717, 1.165) is 16.9 Å². The predicted molar refractivity (Wildman–Crippen MR) is 105 cm³/mol. The molecule has 0 radical (unpaired) electrons. The lowest BCUT2D eigenvalue weighted by atomic mass is 10.1. The van der Waals surface area contributed by atoms with E-state index < -0.39 is 4.92 Å². The largest absolute Gasteiger partial charge is 0.486 e. The van der Waals surface area contributed by atoms with Crippen LogP contribution in [0, 0.1) is 24.0 Å². The Balaban J connectivity index is 1.69.